The lowest BCUT2D eigenvalue weighted by Gasteiger charge is -2.35. The molecule has 3 heteroatoms. The predicted molar refractivity (Wildman–Crippen MR) is 349 cm³/mol. The third-order valence-electron chi connectivity index (χ3n) is 17.6. The molecule has 0 N–H and O–H groups in total. The van der Waals surface area contributed by atoms with Gasteiger partial charge in [-0.1, -0.05) is 261 Å². The summed E-state index contributed by atoms with van der Waals surface area (Å²) in [5, 5.41) is 2.52. The van der Waals surface area contributed by atoms with Crippen LogP contribution >= 0.6 is 11.3 Å². The summed E-state index contributed by atoms with van der Waals surface area (Å²) in [5.41, 5.74) is 22.7. The lowest BCUT2D eigenvalue weighted by atomic mass is 9.67. The standard InChI is InChI=1S/C80H54N2S/c1-5-24-55(25-6-1)56-46-48-61(49-47-56)81(62-33-21-32-60(52-62)80(59-30-11-4-12-31-59)73-42-18-13-36-66(73)67-37-14-19-43-74(67)80)63-34-22-35-64(53-63)82(76-44-23-40-71-70-39-16-20-45-77(70)83-78(71)76)65-50-51-69-68-38-15-17-41-72(68)79(75(69)54-65,57-26-7-2-8-27-57)58-28-9-3-10-29-58/h1-54H. The Hall–Kier alpha value is -10.3. The van der Waals surface area contributed by atoms with Crippen LogP contribution in [0.25, 0.3) is 53.6 Å². The van der Waals surface area contributed by atoms with Gasteiger partial charge in [-0.15, -0.1) is 11.3 Å². The largest absolute Gasteiger partial charge is 0.310 e. The number of thiophene rings is 1. The molecule has 2 aliphatic carbocycles. The molecule has 1 heterocycles. The molecule has 0 bridgehead atoms. The highest BCUT2D eigenvalue weighted by molar-refractivity contribution is 7.26. The first-order valence-electron chi connectivity index (χ1n) is 28.6. The van der Waals surface area contributed by atoms with Crippen molar-refractivity contribution in [2.24, 2.45) is 0 Å². The lowest BCUT2D eigenvalue weighted by molar-refractivity contribution is 0.768. The van der Waals surface area contributed by atoms with Crippen LogP contribution in [0, 0.1) is 0 Å². The van der Waals surface area contributed by atoms with Crippen LogP contribution in [0.1, 0.15) is 44.5 Å². The van der Waals surface area contributed by atoms with Gasteiger partial charge in [0.1, 0.15) is 0 Å². The molecule has 83 heavy (non-hydrogen) atoms. The van der Waals surface area contributed by atoms with Crippen molar-refractivity contribution in [1.29, 1.82) is 0 Å². The van der Waals surface area contributed by atoms with Gasteiger partial charge in [-0.25, -0.2) is 0 Å². The zero-order chi connectivity index (χ0) is 54.9. The highest BCUT2D eigenvalue weighted by atomic mass is 32.1. The third kappa shape index (κ3) is 7.55. The maximum atomic E-state index is 2.52. The van der Waals surface area contributed by atoms with Crippen molar-refractivity contribution >= 4 is 65.6 Å². The van der Waals surface area contributed by atoms with Crippen LogP contribution in [0.3, 0.4) is 0 Å². The normalized spacial score (nSPS) is 13.3. The maximum absolute atomic E-state index is 2.52. The second-order valence-electron chi connectivity index (χ2n) is 21.9. The predicted octanol–water partition coefficient (Wildman–Crippen LogP) is 21.4. The summed E-state index contributed by atoms with van der Waals surface area (Å²) in [4.78, 5) is 4.98. The molecule has 0 aliphatic heterocycles. The summed E-state index contributed by atoms with van der Waals surface area (Å²) < 4.78 is 2.51. The van der Waals surface area contributed by atoms with E-state index in [1.54, 1.807) is 0 Å². The van der Waals surface area contributed by atoms with E-state index in [-0.39, 0.29) is 0 Å². The van der Waals surface area contributed by atoms with Gasteiger partial charge in [0.2, 0.25) is 0 Å². The highest BCUT2D eigenvalue weighted by Crippen LogP contribution is 2.59. The number of fused-ring (bicyclic) bond motifs is 9. The summed E-state index contributed by atoms with van der Waals surface area (Å²) in [7, 11) is 0. The zero-order valence-corrected chi connectivity index (χ0v) is 46.3. The van der Waals surface area contributed by atoms with Gasteiger partial charge in [-0.3, -0.25) is 0 Å². The van der Waals surface area contributed by atoms with Crippen molar-refractivity contribution in [3.63, 3.8) is 0 Å². The molecular formula is C80H54N2S. The van der Waals surface area contributed by atoms with Crippen LogP contribution in [0.4, 0.5) is 34.1 Å². The molecule has 2 aliphatic rings. The molecule has 0 atom stereocenters. The minimum atomic E-state index is -0.577. The molecule has 0 saturated carbocycles. The van der Waals surface area contributed by atoms with Gasteiger partial charge < -0.3 is 9.80 Å². The second-order valence-corrected chi connectivity index (χ2v) is 22.9. The van der Waals surface area contributed by atoms with Crippen LogP contribution in [-0.4, -0.2) is 0 Å². The van der Waals surface area contributed by atoms with Crippen molar-refractivity contribution in [3.05, 3.63) is 372 Å². The van der Waals surface area contributed by atoms with Crippen molar-refractivity contribution < 1.29 is 0 Å². The van der Waals surface area contributed by atoms with Crippen molar-refractivity contribution in [3.8, 4) is 33.4 Å². The van der Waals surface area contributed by atoms with E-state index in [1.165, 1.54) is 98.1 Å². The number of hydrogen-bond donors (Lipinski definition) is 0. The van der Waals surface area contributed by atoms with E-state index in [0.29, 0.717) is 0 Å². The average Bonchev–Trinajstić information content (AvgIpc) is 1.83. The Morgan fingerprint density at radius 2 is 0.651 bits per heavy atom. The molecular weight excluding hydrogens is 1020 g/mol. The maximum Gasteiger partial charge on any atom is 0.0714 e. The highest BCUT2D eigenvalue weighted by Gasteiger charge is 2.48. The smallest absolute Gasteiger partial charge is 0.0714 e. The Morgan fingerprint density at radius 3 is 1.25 bits per heavy atom. The van der Waals surface area contributed by atoms with Gasteiger partial charge in [-0.2, -0.15) is 0 Å². The van der Waals surface area contributed by atoms with E-state index >= 15 is 0 Å². The number of nitrogens with zero attached hydrogens (tertiary/aromatic N) is 2. The zero-order valence-electron chi connectivity index (χ0n) is 45.5. The summed E-state index contributed by atoms with van der Waals surface area (Å²) in [6.07, 6.45) is 0. The fraction of sp³-hybridized carbons (Fsp3) is 0.0250. The van der Waals surface area contributed by atoms with Gasteiger partial charge in [0, 0.05) is 43.9 Å². The first-order chi connectivity index (χ1) is 41.2. The molecule has 0 unspecified atom stereocenters. The summed E-state index contributed by atoms with van der Waals surface area (Å²) in [6.45, 7) is 0. The van der Waals surface area contributed by atoms with Gasteiger partial charge in [-0.05, 0) is 145 Å². The molecule has 16 rings (SSSR count). The summed E-state index contributed by atoms with van der Waals surface area (Å²) >= 11 is 1.87. The Kier molecular flexibility index (Phi) is 11.6. The summed E-state index contributed by atoms with van der Waals surface area (Å²) in [6, 6.07) is 122. The molecule has 1 aromatic heterocycles. The van der Waals surface area contributed by atoms with Crippen LogP contribution in [0.5, 0.6) is 0 Å². The Morgan fingerprint density at radius 1 is 0.241 bits per heavy atom. The molecule has 0 fully saturated rings. The molecule has 0 radical (unpaired) electrons. The Balaban J connectivity index is 0.933. The van der Waals surface area contributed by atoms with Crippen LogP contribution in [0.15, 0.2) is 328 Å². The van der Waals surface area contributed by atoms with Gasteiger partial charge in [0.05, 0.1) is 21.2 Å². The van der Waals surface area contributed by atoms with E-state index < -0.39 is 10.8 Å². The first-order valence-corrected chi connectivity index (χ1v) is 29.5. The van der Waals surface area contributed by atoms with E-state index in [2.05, 4.69) is 337 Å². The number of rotatable bonds is 11. The number of anilines is 6. The molecule has 13 aromatic carbocycles. The van der Waals surface area contributed by atoms with Crippen molar-refractivity contribution in [2.75, 3.05) is 9.80 Å². The van der Waals surface area contributed by atoms with E-state index in [0.717, 1.165) is 34.1 Å². The molecule has 390 valence electrons. The summed E-state index contributed by atoms with van der Waals surface area (Å²) in [5.74, 6) is 0. The third-order valence-corrected chi connectivity index (χ3v) is 18.8. The molecule has 14 aromatic rings. The average molecular weight is 1080 g/mol. The SMILES string of the molecule is c1ccc(-c2ccc(N(c3cccc(N(c4ccc5c(c4)C(c4ccccc4)(c4ccccc4)c4ccccc4-5)c4cccc5c4sc4ccccc45)c3)c3cccc(C4(c5ccccc5)c5ccccc5-c5ccccc54)c3)cc2)cc1. The lowest BCUT2D eigenvalue weighted by Crippen LogP contribution is -2.28. The Labute approximate surface area is 488 Å². The van der Waals surface area contributed by atoms with Crippen LogP contribution in [-0.2, 0) is 10.8 Å². The fourth-order valence-electron chi connectivity index (χ4n) is 14.1. The molecule has 0 saturated heterocycles. The quantitative estimate of drug-likeness (QED) is 0.127. The van der Waals surface area contributed by atoms with Gasteiger partial charge >= 0.3 is 0 Å². The van der Waals surface area contributed by atoms with Crippen molar-refractivity contribution in [2.45, 2.75) is 10.8 Å². The topological polar surface area (TPSA) is 6.48 Å². The van der Waals surface area contributed by atoms with Crippen LogP contribution in [0.2, 0.25) is 0 Å². The molecule has 0 spiro atoms. The van der Waals surface area contributed by atoms with Gasteiger partial charge in [0.25, 0.3) is 0 Å². The fourth-order valence-corrected chi connectivity index (χ4v) is 15.4. The number of hydrogen-bond acceptors (Lipinski definition) is 3. The number of benzene rings is 13. The Bertz CT molecular complexity index is 4650. The van der Waals surface area contributed by atoms with E-state index in [9.17, 15) is 0 Å². The molecule has 0 amide bonds. The van der Waals surface area contributed by atoms with E-state index in [1.807, 2.05) is 11.3 Å². The monoisotopic (exact) mass is 1070 g/mol. The minimum absolute atomic E-state index is 0.573. The van der Waals surface area contributed by atoms with E-state index in [4.69, 9.17) is 0 Å². The van der Waals surface area contributed by atoms with Crippen molar-refractivity contribution in [1.82, 2.24) is 0 Å². The second kappa shape index (κ2) is 19.7. The minimum Gasteiger partial charge on any atom is -0.310 e. The molecule has 2 nitrogen and oxygen atoms in total. The first kappa shape index (κ1) is 48.6. The van der Waals surface area contributed by atoms with Gasteiger partial charge in [0.15, 0.2) is 0 Å². The van der Waals surface area contributed by atoms with Crippen LogP contribution < -0.4 is 9.80 Å².